The molecule has 1 amide bonds. The van der Waals surface area contributed by atoms with Crippen molar-refractivity contribution in [2.45, 2.75) is 26.7 Å². The Balaban J connectivity index is 1.41. The second-order valence-corrected chi connectivity index (χ2v) is 8.86. The summed E-state index contributed by atoms with van der Waals surface area (Å²) in [7, 11) is 0. The van der Waals surface area contributed by atoms with E-state index in [4.69, 9.17) is 0 Å². The number of ketones is 1. The van der Waals surface area contributed by atoms with Crippen molar-refractivity contribution in [3.05, 3.63) is 70.3 Å². The molecule has 0 N–H and O–H groups in total. The van der Waals surface area contributed by atoms with E-state index in [1.54, 1.807) is 12.1 Å². The van der Waals surface area contributed by atoms with Gasteiger partial charge in [0.25, 0.3) is 5.91 Å². The monoisotopic (exact) mass is 419 g/mol. The lowest BCUT2D eigenvalue weighted by Crippen LogP contribution is -2.50. The van der Waals surface area contributed by atoms with Gasteiger partial charge in [0, 0.05) is 50.4 Å². The van der Waals surface area contributed by atoms with Crippen LogP contribution in [0.4, 0.5) is 0 Å². The zero-order chi connectivity index (χ0) is 21.8. The number of amides is 1. The van der Waals surface area contributed by atoms with Gasteiger partial charge in [-0.2, -0.15) is 0 Å². The number of carbonyl (C=O) groups excluding carboxylic acids is 2. The van der Waals surface area contributed by atoms with Gasteiger partial charge in [-0.25, -0.2) is 0 Å². The average molecular weight is 420 g/mol. The predicted molar refractivity (Wildman–Crippen MR) is 124 cm³/mol. The molecular formula is C26H33N3O2. The van der Waals surface area contributed by atoms with Crippen LogP contribution in [0.15, 0.2) is 42.5 Å². The van der Waals surface area contributed by atoms with Gasteiger partial charge in [-0.05, 0) is 63.0 Å². The van der Waals surface area contributed by atoms with Crippen LogP contribution in [0.1, 0.15) is 50.2 Å². The van der Waals surface area contributed by atoms with Gasteiger partial charge >= 0.3 is 0 Å². The van der Waals surface area contributed by atoms with Crippen LogP contribution in [0, 0.1) is 13.8 Å². The number of hydrogen-bond acceptors (Lipinski definition) is 4. The van der Waals surface area contributed by atoms with Gasteiger partial charge in [0.1, 0.15) is 0 Å². The first-order chi connectivity index (χ1) is 15.0. The summed E-state index contributed by atoms with van der Waals surface area (Å²) in [5, 5.41) is 0. The van der Waals surface area contributed by atoms with Crippen molar-refractivity contribution in [1.82, 2.24) is 14.7 Å². The van der Waals surface area contributed by atoms with E-state index in [9.17, 15) is 9.59 Å². The Morgan fingerprint density at radius 1 is 0.742 bits per heavy atom. The molecule has 2 aromatic rings. The van der Waals surface area contributed by atoms with Crippen molar-refractivity contribution in [1.29, 1.82) is 0 Å². The molecule has 4 rings (SSSR count). The Hall–Kier alpha value is -2.50. The number of benzene rings is 2. The lowest BCUT2D eigenvalue weighted by molar-refractivity contribution is 0.0624. The molecule has 2 fully saturated rings. The summed E-state index contributed by atoms with van der Waals surface area (Å²) in [6.07, 6.45) is 2.64. The molecule has 2 aliphatic heterocycles. The normalized spacial score (nSPS) is 17.8. The van der Waals surface area contributed by atoms with Crippen LogP contribution in [0.25, 0.3) is 0 Å². The molecule has 2 heterocycles. The second kappa shape index (κ2) is 9.75. The predicted octanol–water partition coefficient (Wildman–Crippen LogP) is 3.39. The summed E-state index contributed by atoms with van der Waals surface area (Å²) < 4.78 is 0. The molecule has 2 aliphatic rings. The Morgan fingerprint density at radius 2 is 1.35 bits per heavy atom. The molecule has 0 atom stereocenters. The fraction of sp³-hybridized carbons (Fsp3) is 0.462. The van der Waals surface area contributed by atoms with Gasteiger partial charge in [0.2, 0.25) is 0 Å². The molecule has 164 valence electrons. The molecule has 2 saturated heterocycles. The molecule has 0 aliphatic carbocycles. The smallest absolute Gasteiger partial charge is 0.254 e. The number of piperazine rings is 1. The van der Waals surface area contributed by atoms with E-state index in [1.165, 1.54) is 25.9 Å². The van der Waals surface area contributed by atoms with Gasteiger partial charge in [-0.1, -0.05) is 30.3 Å². The first-order valence-electron chi connectivity index (χ1n) is 11.5. The average Bonchev–Trinajstić information content (AvgIpc) is 3.33. The number of rotatable bonds is 6. The van der Waals surface area contributed by atoms with Crippen molar-refractivity contribution < 1.29 is 9.59 Å². The Morgan fingerprint density at radius 3 is 2.00 bits per heavy atom. The van der Waals surface area contributed by atoms with Crippen molar-refractivity contribution in [2.75, 3.05) is 52.4 Å². The highest BCUT2D eigenvalue weighted by atomic mass is 16.2. The summed E-state index contributed by atoms with van der Waals surface area (Å²) in [5.41, 5.74) is 3.88. The zero-order valence-corrected chi connectivity index (χ0v) is 18.8. The molecule has 0 bridgehead atoms. The summed E-state index contributed by atoms with van der Waals surface area (Å²) >= 11 is 0. The van der Waals surface area contributed by atoms with E-state index in [0.29, 0.717) is 29.8 Å². The van der Waals surface area contributed by atoms with Crippen LogP contribution < -0.4 is 0 Å². The summed E-state index contributed by atoms with van der Waals surface area (Å²) in [6.45, 7) is 11.9. The molecule has 5 nitrogen and oxygen atoms in total. The quantitative estimate of drug-likeness (QED) is 0.674. The van der Waals surface area contributed by atoms with Crippen LogP contribution >= 0.6 is 0 Å². The lowest BCUT2D eigenvalue weighted by atomic mass is 9.95. The van der Waals surface area contributed by atoms with E-state index in [-0.39, 0.29) is 11.7 Å². The Bertz CT molecular complexity index is 941. The molecule has 0 radical (unpaired) electrons. The topological polar surface area (TPSA) is 43.9 Å². The van der Waals surface area contributed by atoms with Crippen molar-refractivity contribution in [3.63, 3.8) is 0 Å². The van der Waals surface area contributed by atoms with Gasteiger partial charge in [0.15, 0.2) is 5.78 Å². The second-order valence-electron chi connectivity index (χ2n) is 8.86. The van der Waals surface area contributed by atoms with Gasteiger partial charge in [-0.15, -0.1) is 0 Å². The Kier molecular flexibility index (Phi) is 6.83. The van der Waals surface area contributed by atoms with Crippen molar-refractivity contribution in [3.8, 4) is 0 Å². The number of hydrogen-bond donors (Lipinski definition) is 0. The number of aryl methyl sites for hydroxylation is 2. The molecule has 0 spiro atoms. The highest BCUT2D eigenvalue weighted by Gasteiger charge is 2.26. The first kappa shape index (κ1) is 21.7. The first-order valence-corrected chi connectivity index (χ1v) is 11.5. The van der Waals surface area contributed by atoms with Crippen molar-refractivity contribution >= 4 is 11.7 Å². The third-order valence-corrected chi connectivity index (χ3v) is 6.76. The maximum absolute atomic E-state index is 13.3. The molecule has 0 saturated carbocycles. The van der Waals surface area contributed by atoms with Crippen molar-refractivity contribution in [2.24, 2.45) is 0 Å². The van der Waals surface area contributed by atoms with Gasteiger partial charge in [-0.3, -0.25) is 14.5 Å². The molecule has 31 heavy (non-hydrogen) atoms. The number of carbonyl (C=O) groups is 2. The van der Waals surface area contributed by atoms with Crippen LogP contribution in [-0.4, -0.2) is 78.7 Å². The van der Waals surface area contributed by atoms with Crippen LogP contribution in [0.3, 0.4) is 0 Å². The molecule has 2 aromatic carbocycles. The molecule has 5 heteroatoms. The highest BCUT2D eigenvalue weighted by Crippen LogP contribution is 2.20. The van der Waals surface area contributed by atoms with Crippen LogP contribution in [0.5, 0.6) is 0 Å². The highest BCUT2D eigenvalue weighted by molar-refractivity contribution is 6.15. The Labute approximate surface area is 185 Å². The molecule has 0 unspecified atom stereocenters. The number of nitrogens with zero attached hydrogens (tertiary/aromatic N) is 3. The zero-order valence-electron chi connectivity index (χ0n) is 18.8. The third-order valence-electron chi connectivity index (χ3n) is 6.76. The fourth-order valence-electron chi connectivity index (χ4n) is 4.54. The van der Waals surface area contributed by atoms with E-state index >= 15 is 0 Å². The summed E-state index contributed by atoms with van der Waals surface area (Å²) in [5.74, 6) is -0.122. The summed E-state index contributed by atoms with van der Waals surface area (Å²) in [6, 6.07) is 13.0. The maximum Gasteiger partial charge on any atom is 0.254 e. The molecule has 0 aromatic heterocycles. The van der Waals surface area contributed by atoms with Gasteiger partial charge < -0.3 is 9.80 Å². The van der Waals surface area contributed by atoms with Crippen LogP contribution in [-0.2, 0) is 0 Å². The van der Waals surface area contributed by atoms with E-state index in [2.05, 4.69) is 9.80 Å². The van der Waals surface area contributed by atoms with Crippen LogP contribution in [0.2, 0.25) is 0 Å². The SMILES string of the molecule is Cc1ccc(C(=O)c2ccccc2C(=O)N2CCN(CCN3CCCC3)CC2)cc1C. The summed E-state index contributed by atoms with van der Waals surface area (Å²) in [4.78, 5) is 33.4. The van der Waals surface area contributed by atoms with Gasteiger partial charge in [0.05, 0.1) is 5.56 Å². The fourth-order valence-corrected chi connectivity index (χ4v) is 4.54. The standard InChI is InChI=1S/C26H33N3O2/c1-20-9-10-22(19-21(20)2)25(30)23-7-3-4-8-24(23)26(31)29-17-15-28(16-18-29)14-13-27-11-5-6-12-27/h3-4,7-10,19H,5-6,11-18H2,1-2H3. The third kappa shape index (κ3) is 5.05. The van der Waals surface area contributed by atoms with E-state index in [1.807, 2.05) is 49.1 Å². The van der Waals surface area contributed by atoms with E-state index < -0.39 is 0 Å². The minimum absolute atomic E-state index is 0.0352. The lowest BCUT2D eigenvalue weighted by Gasteiger charge is -2.35. The number of likely N-dealkylation sites (tertiary alicyclic amines) is 1. The minimum atomic E-state index is -0.0868. The minimum Gasteiger partial charge on any atom is -0.336 e. The largest absolute Gasteiger partial charge is 0.336 e. The van der Waals surface area contributed by atoms with E-state index in [0.717, 1.165) is 37.3 Å². The maximum atomic E-state index is 13.3. The molecular weight excluding hydrogens is 386 g/mol.